The van der Waals surface area contributed by atoms with Crippen LogP contribution >= 0.6 is 0 Å². The molecule has 34 heavy (non-hydrogen) atoms. The molecule has 1 saturated carbocycles. The Hall–Kier alpha value is -3.04. The van der Waals surface area contributed by atoms with Gasteiger partial charge >= 0.3 is 0 Å². The van der Waals surface area contributed by atoms with Gasteiger partial charge in [0.15, 0.2) is 5.65 Å². The number of benzene rings is 1. The van der Waals surface area contributed by atoms with Crippen LogP contribution in [0.4, 0.5) is 10.2 Å². The van der Waals surface area contributed by atoms with Crippen molar-refractivity contribution in [3.63, 3.8) is 0 Å². The van der Waals surface area contributed by atoms with E-state index in [0.29, 0.717) is 11.2 Å². The number of alkyl halides is 1. The van der Waals surface area contributed by atoms with Gasteiger partial charge in [0.05, 0.1) is 23.1 Å². The predicted molar refractivity (Wildman–Crippen MR) is 128 cm³/mol. The van der Waals surface area contributed by atoms with E-state index in [1.807, 2.05) is 19.1 Å². The summed E-state index contributed by atoms with van der Waals surface area (Å²) in [7, 11) is -3.87. The van der Waals surface area contributed by atoms with Crippen molar-refractivity contribution in [2.45, 2.75) is 30.8 Å². The van der Waals surface area contributed by atoms with Crippen LogP contribution in [0.5, 0.6) is 0 Å². The normalized spacial score (nSPS) is 17.9. The van der Waals surface area contributed by atoms with E-state index in [9.17, 15) is 12.8 Å². The monoisotopic (exact) mass is 480 g/mol. The van der Waals surface area contributed by atoms with E-state index in [1.165, 1.54) is 3.97 Å². The Morgan fingerprint density at radius 3 is 2.59 bits per heavy atom. The maximum atomic E-state index is 13.7. The molecule has 176 valence electrons. The second-order valence-corrected chi connectivity index (χ2v) is 11.2. The second kappa shape index (κ2) is 7.74. The first-order valence-corrected chi connectivity index (χ1v) is 12.8. The smallest absolute Gasteiger partial charge is 0.269 e. The Morgan fingerprint density at radius 2 is 1.85 bits per heavy atom. The van der Waals surface area contributed by atoms with Gasteiger partial charge in [0, 0.05) is 41.7 Å². The third-order valence-corrected chi connectivity index (χ3v) is 8.77. The van der Waals surface area contributed by atoms with Gasteiger partial charge in [-0.15, -0.1) is 0 Å². The number of anilines is 1. The van der Waals surface area contributed by atoms with Crippen molar-refractivity contribution in [1.82, 2.24) is 13.9 Å². The number of hydrogen-bond acceptors (Lipinski definition) is 6. The third-order valence-electron chi connectivity index (χ3n) is 7.05. The summed E-state index contributed by atoms with van der Waals surface area (Å²) in [5, 5.41) is 1.50. The largest absolute Gasteiger partial charge is 0.375 e. The SMILES string of the molecule is Cc1ccc(S(=O)(=O)n2c3ccncc3c3ccc(N4CC5(CC(OCCF)C5)C4)nc32)cc1. The number of nitrogens with zero attached hydrogens (tertiary/aromatic N) is 4. The molecule has 1 spiro atoms. The zero-order valence-electron chi connectivity index (χ0n) is 18.8. The van der Waals surface area contributed by atoms with Gasteiger partial charge in [0.25, 0.3) is 10.0 Å². The molecule has 0 unspecified atom stereocenters. The van der Waals surface area contributed by atoms with Crippen LogP contribution < -0.4 is 4.90 Å². The zero-order valence-corrected chi connectivity index (χ0v) is 19.6. The minimum Gasteiger partial charge on any atom is -0.375 e. The van der Waals surface area contributed by atoms with E-state index < -0.39 is 16.7 Å². The first-order chi connectivity index (χ1) is 16.4. The molecule has 6 rings (SSSR count). The molecule has 3 aromatic heterocycles. The maximum Gasteiger partial charge on any atom is 0.269 e. The van der Waals surface area contributed by atoms with Crippen LogP contribution in [-0.2, 0) is 14.8 Å². The summed E-state index contributed by atoms with van der Waals surface area (Å²) >= 11 is 0. The summed E-state index contributed by atoms with van der Waals surface area (Å²) in [6, 6.07) is 12.4. The summed E-state index contributed by atoms with van der Waals surface area (Å²) in [4.78, 5) is 11.4. The van der Waals surface area contributed by atoms with E-state index in [0.717, 1.165) is 48.1 Å². The standard InChI is InChI=1S/C25H25FN4O3S/c1-17-2-4-19(5-3-17)34(31,32)30-22-8-10-27-14-21(22)20-6-7-23(28-24(20)30)29-15-25(16-29)12-18(13-25)33-11-9-26/h2-8,10,14,18H,9,11-13,15-16H2,1H3. The summed E-state index contributed by atoms with van der Waals surface area (Å²) in [5.74, 6) is 0.752. The van der Waals surface area contributed by atoms with Crippen molar-refractivity contribution in [2.75, 3.05) is 31.3 Å². The topological polar surface area (TPSA) is 77.3 Å². The van der Waals surface area contributed by atoms with Crippen molar-refractivity contribution in [1.29, 1.82) is 0 Å². The Kier molecular flexibility index (Phi) is 4.90. The van der Waals surface area contributed by atoms with Crippen LogP contribution in [0, 0.1) is 12.3 Å². The van der Waals surface area contributed by atoms with Gasteiger partial charge in [-0.2, -0.15) is 0 Å². The molecule has 0 atom stereocenters. The Labute approximate surface area is 197 Å². The number of halogens is 1. The molecule has 0 amide bonds. The number of aryl methyl sites for hydroxylation is 1. The van der Waals surface area contributed by atoms with Crippen molar-refractivity contribution in [3.05, 3.63) is 60.4 Å². The fourth-order valence-electron chi connectivity index (χ4n) is 5.34. The molecule has 1 aromatic carbocycles. The second-order valence-electron chi connectivity index (χ2n) is 9.46. The van der Waals surface area contributed by atoms with Crippen molar-refractivity contribution >= 4 is 37.8 Å². The van der Waals surface area contributed by atoms with Gasteiger partial charge in [-0.3, -0.25) is 4.98 Å². The lowest BCUT2D eigenvalue weighted by Crippen LogP contribution is -2.64. The highest BCUT2D eigenvalue weighted by Gasteiger charge is 2.53. The number of pyridine rings is 2. The highest BCUT2D eigenvalue weighted by atomic mass is 32.2. The number of fused-ring (bicyclic) bond motifs is 3. The molecule has 7 nitrogen and oxygen atoms in total. The fourth-order valence-corrected chi connectivity index (χ4v) is 6.82. The average Bonchev–Trinajstić information content (AvgIpc) is 3.12. The molecule has 1 aliphatic heterocycles. The lowest BCUT2D eigenvalue weighted by atomic mass is 9.62. The highest BCUT2D eigenvalue weighted by Crippen LogP contribution is 2.50. The first-order valence-electron chi connectivity index (χ1n) is 11.4. The number of aromatic nitrogens is 3. The molecule has 2 aliphatic rings. The molecular weight excluding hydrogens is 455 g/mol. The molecule has 0 bridgehead atoms. The summed E-state index contributed by atoms with van der Waals surface area (Å²) in [6.07, 6.45) is 5.28. The third kappa shape index (κ3) is 3.29. The Balaban J connectivity index is 1.37. The molecule has 1 saturated heterocycles. The quantitative estimate of drug-likeness (QED) is 0.414. The molecule has 0 N–H and O–H groups in total. The number of hydrogen-bond donors (Lipinski definition) is 0. The van der Waals surface area contributed by atoms with Gasteiger partial charge in [-0.25, -0.2) is 21.8 Å². The van der Waals surface area contributed by atoms with Crippen LogP contribution in [0.1, 0.15) is 18.4 Å². The minimum absolute atomic E-state index is 0.142. The zero-order chi connectivity index (χ0) is 23.5. The van der Waals surface area contributed by atoms with E-state index >= 15 is 0 Å². The van der Waals surface area contributed by atoms with Crippen LogP contribution in [0.2, 0.25) is 0 Å². The van der Waals surface area contributed by atoms with E-state index in [-0.39, 0.29) is 23.0 Å². The molecule has 9 heteroatoms. The lowest BCUT2D eigenvalue weighted by Gasteiger charge is -2.59. The molecule has 2 fully saturated rings. The maximum absolute atomic E-state index is 13.7. The van der Waals surface area contributed by atoms with Gasteiger partial charge in [0.1, 0.15) is 12.5 Å². The molecule has 4 aromatic rings. The van der Waals surface area contributed by atoms with Crippen LogP contribution in [0.25, 0.3) is 21.9 Å². The lowest BCUT2D eigenvalue weighted by molar-refractivity contribution is -0.0950. The Morgan fingerprint density at radius 1 is 1.09 bits per heavy atom. The summed E-state index contributed by atoms with van der Waals surface area (Å²) < 4.78 is 46.6. The minimum atomic E-state index is -3.87. The van der Waals surface area contributed by atoms with Gasteiger partial charge < -0.3 is 9.64 Å². The number of ether oxygens (including phenoxy) is 1. The fraction of sp³-hybridized carbons (Fsp3) is 0.360. The van der Waals surface area contributed by atoms with Crippen LogP contribution in [0.15, 0.2) is 59.8 Å². The molecule has 4 heterocycles. The highest BCUT2D eigenvalue weighted by molar-refractivity contribution is 7.90. The van der Waals surface area contributed by atoms with Gasteiger partial charge in [-0.05, 0) is 50.1 Å². The van der Waals surface area contributed by atoms with E-state index in [1.54, 1.807) is 42.7 Å². The summed E-state index contributed by atoms with van der Waals surface area (Å²) in [6.45, 7) is 3.32. The van der Waals surface area contributed by atoms with Crippen molar-refractivity contribution in [3.8, 4) is 0 Å². The summed E-state index contributed by atoms with van der Waals surface area (Å²) in [5.41, 5.74) is 2.15. The first kappa shape index (κ1) is 21.5. The van der Waals surface area contributed by atoms with Crippen molar-refractivity contribution < 1.29 is 17.5 Å². The van der Waals surface area contributed by atoms with Gasteiger partial charge in [0.2, 0.25) is 0 Å². The molecule has 1 aliphatic carbocycles. The van der Waals surface area contributed by atoms with Crippen LogP contribution in [0.3, 0.4) is 0 Å². The van der Waals surface area contributed by atoms with Crippen LogP contribution in [-0.4, -0.2) is 54.8 Å². The Bertz CT molecular complexity index is 1490. The van der Waals surface area contributed by atoms with Gasteiger partial charge in [-0.1, -0.05) is 17.7 Å². The van der Waals surface area contributed by atoms with Crippen molar-refractivity contribution in [2.24, 2.45) is 5.41 Å². The van der Waals surface area contributed by atoms with E-state index in [4.69, 9.17) is 9.72 Å². The van der Waals surface area contributed by atoms with E-state index in [2.05, 4.69) is 9.88 Å². The number of rotatable bonds is 6. The predicted octanol–water partition coefficient (Wildman–Crippen LogP) is 4.08. The molecular formula is C25H25FN4O3S. The average molecular weight is 481 g/mol. The molecule has 0 radical (unpaired) electrons.